The first-order valence-electron chi connectivity index (χ1n) is 12.4. The van der Waals surface area contributed by atoms with Crippen LogP contribution < -0.4 is 17.0 Å². The van der Waals surface area contributed by atoms with E-state index in [-0.39, 0.29) is 28.3 Å². The Hall–Kier alpha value is -2.74. The first kappa shape index (κ1) is 29.3. The topological polar surface area (TPSA) is 222 Å². The predicted octanol–water partition coefficient (Wildman–Crippen LogP) is 0.493. The number of fused-ring (bicyclic) bond motifs is 2. The Labute approximate surface area is 244 Å². The molecule has 4 aromatic heterocycles. The molecule has 6 rings (SSSR count). The molecule has 0 bridgehead atoms. The molecule has 0 radical (unpaired) electrons. The van der Waals surface area contributed by atoms with Crippen molar-refractivity contribution in [3.63, 3.8) is 0 Å². The van der Waals surface area contributed by atoms with Crippen LogP contribution in [0.3, 0.4) is 0 Å². The first-order chi connectivity index (χ1) is 20.0. The summed E-state index contributed by atoms with van der Waals surface area (Å²) in [7, 11) is 0. The Bertz CT molecular complexity index is 1740. The average Bonchev–Trinajstić information content (AvgIpc) is 3.69. The van der Waals surface area contributed by atoms with E-state index in [4.69, 9.17) is 37.1 Å². The highest BCUT2D eigenvalue weighted by molar-refractivity contribution is 8.07. The van der Waals surface area contributed by atoms with Gasteiger partial charge >= 0.3 is 6.72 Å². The number of pyridine rings is 1. The summed E-state index contributed by atoms with van der Waals surface area (Å²) in [5.74, 6) is 0.229. The summed E-state index contributed by atoms with van der Waals surface area (Å²) < 4.78 is 50.1. The molecule has 42 heavy (non-hydrogen) atoms. The Kier molecular flexibility index (Phi) is 7.73. The smallest absolute Gasteiger partial charge is 0.325 e. The van der Waals surface area contributed by atoms with Crippen molar-refractivity contribution < 1.29 is 37.7 Å². The van der Waals surface area contributed by atoms with Gasteiger partial charge in [0.15, 0.2) is 17.9 Å². The zero-order valence-electron chi connectivity index (χ0n) is 21.3. The second kappa shape index (κ2) is 11.1. The molecule has 1 unspecified atom stereocenters. The van der Waals surface area contributed by atoms with Crippen molar-refractivity contribution in [1.82, 2.24) is 29.1 Å². The Balaban J connectivity index is 1.19. The van der Waals surface area contributed by atoms with Gasteiger partial charge in [-0.25, -0.2) is 23.7 Å². The van der Waals surface area contributed by atoms with Crippen molar-refractivity contribution >= 4 is 64.0 Å². The minimum Gasteiger partial charge on any atom is -0.395 e. The van der Waals surface area contributed by atoms with Crippen LogP contribution >= 0.6 is 18.5 Å². The van der Waals surface area contributed by atoms with Crippen molar-refractivity contribution in [2.75, 3.05) is 24.7 Å². The van der Waals surface area contributed by atoms with E-state index in [1.165, 1.54) is 34.1 Å². The lowest BCUT2D eigenvalue weighted by Crippen LogP contribution is -2.33. The number of nitrogens with one attached hydrogen (secondary N) is 1. The largest absolute Gasteiger partial charge is 0.395 e. The molecule has 0 amide bonds. The van der Waals surface area contributed by atoms with Crippen LogP contribution in [0, 0.1) is 0 Å². The van der Waals surface area contributed by atoms with Crippen molar-refractivity contribution in [2.45, 2.75) is 47.5 Å². The standard InChI is InChI=1S/C22H25F2N8O7PS2/c23-13-11(4-33)42-22(32-7-29-15-9(32)3-12(25)30-20(15)35)17(13)39-40(36,41)37-5-10-16(34)14(24)21(38-10)31-2-1-8-18(26)27-6-28-19(8)31/h1-3,6-7,10-11,13-14,16-17,21-22,33-34H,4-5H2,(H,36,41)(H3,25,30,35)(H2,26,27,28)/t10-,11-,13-,14+,16-,17-,21-,22-,40?/m1/s1. The van der Waals surface area contributed by atoms with Gasteiger partial charge in [0.2, 0.25) is 0 Å². The molecule has 6 heterocycles. The second-order valence-corrected chi connectivity index (χ2v) is 13.8. The van der Waals surface area contributed by atoms with E-state index in [1.54, 1.807) is 6.07 Å². The Morgan fingerprint density at radius 2 is 2.02 bits per heavy atom. The molecule has 0 aliphatic carbocycles. The number of aliphatic hydroxyl groups excluding tert-OH is 2. The number of ether oxygens (including phenoxy) is 1. The maximum Gasteiger partial charge on any atom is 0.325 e. The summed E-state index contributed by atoms with van der Waals surface area (Å²) >= 11 is 6.12. The van der Waals surface area contributed by atoms with Crippen molar-refractivity contribution in [3.05, 3.63) is 41.3 Å². The highest BCUT2D eigenvalue weighted by atomic mass is 32.5. The van der Waals surface area contributed by atoms with Crippen LogP contribution in [0.4, 0.5) is 20.4 Å². The molecule has 2 aliphatic rings. The number of alkyl halides is 2. The maximum absolute atomic E-state index is 15.4. The van der Waals surface area contributed by atoms with Crippen LogP contribution in [-0.2, 0) is 25.6 Å². The van der Waals surface area contributed by atoms with Gasteiger partial charge in [-0.1, -0.05) is 0 Å². The summed E-state index contributed by atoms with van der Waals surface area (Å²) in [4.78, 5) is 37.6. The Morgan fingerprint density at radius 1 is 1.24 bits per heavy atom. The summed E-state index contributed by atoms with van der Waals surface area (Å²) in [6, 6.07) is 3.01. The number of hydrogen-bond donors (Lipinski definition) is 6. The number of aliphatic hydroxyl groups is 2. The molecular formula is C22H25F2N8O7PS2. The second-order valence-electron chi connectivity index (χ2n) is 9.69. The normalized spacial score (nSPS) is 31.3. The minimum atomic E-state index is -4.24. The molecule has 20 heteroatoms. The quantitative estimate of drug-likeness (QED) is 0.144. The molecule has 226 valence electrons. The monoisotopic (exact) mass is 646 g/mol. The zero-order chi connectivity index (χ0) is 29.9. The molecule has 4 aromatic rings. The average molecular weight is 647 g/mol. The van der Waals surface area contributed by atoms with Gasteiger partial charge in [-0.2, -0.15) is 0 Å². The van der Waals surface area contributed by atoms with Crippen molar-refractivity contribution in [2.24, 2.45) is 0 Å². The van der Waals surface area contributed by atoms with Crippen LogP contribution in [0.15, 0.2) is 35.8 Å². The fourth-order valence-corrected chi connectivity index (χ4v) is 7.96. The van der Waals surface area contributed by atoms with E-state index in [9.17, 15) is 19.9 Å². The number of nitrogens with two attached hydrogens (primary N) is 2. The third-order valence-corrected chi connectivity index (χ3v) is 10.2. The van der Waals surface area contributed by atoms with Gasteiger partial charge < -0.3 is 50.0 Å². The number of thioether (sulfide) groups is 1. The molecular weight excluding hydrogens is 621 g/mol. The van der Waals surface area contributed by atoms with Crippen LogP contribution in [0.5, 0.6) is 0 Å². The fraction of sp³-hybridized carbons (Fsp3) is 0.455. The van der Waals surface area contributed by atoms with Gasteiger partial charge in [-0.3, -0.25) is 9.32 Å². The van der Waals surface area contributed by atoms with Gasteiger partial charge in [-0.05, 0) is 17.9 Å². The van der Waals surface area contributed by atoms with E-state index >= 15 is 8.78 Å². The summed E-state index contributed by atoms with van der Waals surface area (Å²) in [6.45, 7) is -5.39. The van der Waals surface area contributed by atoms with Crippen LogP contribution in [-0.4, -0.2) is 93.3 Å². The number of imidazole rings is 1. The number of halogens is 2. The molecule has 0 aromatic carbocycles. The van der Waals surface area contributed by atoms with E-state index in [0.717, 1.165) is 11.8 Å². The van der Waals surface area contributed by atoms with E-state index in [2.05, 4.69) is 19.9 Å². The van der Waals surface area contributed by atoms with Gasteiger partial charge in [0, 0.05) is 12.3 Å². The number of hydrogen-bond acceptors (Lipinski definition) is 13. The molecule has 2 fully saturated rings. The zero-order valence-corrected chi connectivity index (χ0v) is 23.8. The molecule has 15 nitrogen and oxygen atoms in total. The summed E-state index contributed by atoms with van der Waals surface area (Å²) in [5, 5.41) is 18.8. The third-order valence-electron chi connectivity index (χ3n) is 7.08. The van der Waals surface area contributed by atoms with E-state index in [1.807, 2.05) is 0 Å². The van der Waals surface area contributed by atoms with E-state index < -0.39 is 73.0 Å². The molecule has 0 saturated carbocycles. The fourth-order valence-electron chi connectivity index (χ4n) is 5.06. The lowest BCUT2D eigenvalue weighted by atomic mass is 10.1. The highest BCUT2D eigenvalue weighted by Crippen LogP contribution is 2.54. The number of anilines is 2. The van der Waals surface area contributed by atoms with Crippen LogP contribution in [0.1, 0.15) is 11.6 Å². The number of nitrogens with zero attached hydrogens (tertiary/aromatic N) is 5. The van der Waals surface area contributed by atoms with Crippen LogP contribution in [0.2, 0.25) is 0 Å². The number of aromatic nitrogens is 6. The number of aromatic amines is 1. The maximum atomic E-state index is 15.4. The first-order valence-corrected chi connectivity index (χ1v) is 16.0. The number of nitrogen functional groups attached to an aromatic ring is 2. The highest BCUT2D eigenvalue weighted by Gasteiger charge is 2.50. The summed E-state index contributed by atoms with van der Waals surface area (Å²) in [6.07, 6.45) is -5.46. The SMILES string of the molecule is Nc1cc2c(ncn2[C@@H]2S[C@H](CO)[C@@H](F)[C@H]2OP(O)(=S)OC[C@H]2O[C@@H](n3ccc4c(N)ncnc43)[C@@H](F)[C@@H]2O)c(=O)[nH]1. The van der Waals surface area contributed by atoms with Crippen molar-refractivity contribution in [3.8, 4) is 0 Å². The Morgan fingerprint density at radius 3 is 2.79 bits per heavy atom. The van der Waals surface area contributed by atoms with Crippen molar-refractivity contribution in [1.29, 1.82) is 0 Å². The van der Waals surface area contributed by atoms with Gasteiger partial charge in [0.1, 0.15) is 53.5 Å². The molecule has 2 saturated heterocycles. The summed E-state index contributed by atoms with van der Waals surface area (Å²) in [5.41, 5.74) is 11.7. The number of rotatable bonds is 8. The molecule has 8 N–H and O–H groups in total. The number of H-pyrrole nitrogens is 1. The van der Waals surface area contributed by atoms with E-state index in [0.29, 0.717) is 5.39 Å². The predicted molar refractivity (Wildman–Crippen MR) is 151 cm³/mol. The van der Waals surface area contributed by atoms with Crippen LogP contribution in [0.25, 0.3) is 22.1 Å². The lowest BCUT2D eigenvalue weighted by Gasteiger charge is -2.27. The third kappa shape index (κ3) is 5.07. The molecule has 2 aliphatic heterocycles. The molecule has 9 atom stereocenters. The van der Waals surface area contributed by atoms with Gasteiger partial charge in [0.05, 0.1) is 35.7 Å². The molecule has 0 spiro atoms. The lowest BCUT2D eigenvalue weighted by molar-refractivity contribution is -0.0459. The van der Waals surface area contributed by atoms with Gasteiger partial charge in [-0.15, -0.1) is 11.8 Å². The van der Waals surface area contributed by atoms with Gasteiger partial charge in [0.25, 0.3) is 5.56 Å². The minimum absolute atomic E-state index is 0.0402.